The van der Waals surface area contributed by atoms with Gasteiger partial charge in [0.25, 0.3) is 0 Å². The van der Waals surface area contributed by atoms with E-state index >= 15 is 0 Å². The Labute approximate surface area is 231 Å². The number of thiophene rings is 1. The van der Waals surface area contributed by atoms with Crippen molar-refractivity contribution < 1.29 is 0 Å². The quantitative estimate of drug-likeness (QED) is 0.216. The summed E-state index contributed by atoms with van der Waals surface area (Å²) in [5.74, 6) is 0. The summed E-state index contributed by atoms with van der Waals surface area (Å²) in [5.41, 5.74) is 13.6. The number of rotatable bonds is 2. The van der Waals surface area contributed by atoms with Crippen LogP contribution in [0.3, 0.4) is 0 Å². The third kappa shape index (κ3) is 2.73. The summed E-state index contributed by atoms with van der Waals surface area (Å²) in [6, 6.07) is 50.1. The van der Waals surface area contributed by atoms with Gasteiger partial charge in [0.15, 0.2) is 0 Å². The molecule has 0 bridgehead atoms. The Kier molecular flexibility index (Phi) is 4.29. The van der Waals surface area contributed by atoms with Gasteiger partial charge in [-0.15, -0.1) is 11.3 Å². The second-order valence-electron chi connectivity index (χ2n) is 10.8. The molecular weight excluding hydrogens is 488 g/mol. The Balaban J connectivity index is 1.33. The van der Waals surface area contributed by atoms with Crippen molar-refractivity contribution in [3.05, 3.63) is 167 Å². The van der Waals surface area contributed by atoms with E-state index in [1.165, 1.54) is 75.8 Å². The molecule has 1 heteroatoms. The number of benzene rings is 6. The van der Waals surface area contributed by atoms with Gasteiger partial charge in [-0.3, -0.25) is 0 Å². The minimum absolute atomic E-state index is 0.297. The van der Waals surface area contributed by atoms with Crippen LogP contribution in [-0.2, 0) is 11.8 Å². The van der Waals surface area contributed by atoms with Gasteiger partial charge in [-0.25, -0.2) is 0 Å². The van der Waals surface area contributed by atoms with E-state index in [-0.39, 0.29) is 5.41 Å². The summed E-state index contributed by atoms with van der Waals surface area (Å²) in [6.07, 6.45) is 0.906. The molecule has 6 aromatic carbocycles. The lowest BCUT2D eigenvalue weighted by molar-refractivity contribution is 0.781. The van der Waals surface area contributed by atoms with Crippen molar-refractivity contribution in [3.8, 4) is 22.3 Å². The highest BCUT2D eigenvalue weighted by molar-refractivity contribution is 7.25. The van der Waals surface area contributed by atoms with Crippen molar-refractivity contribution >= 4 is 31.5 Å². The predicted octanol–water partition coefficient (Wildman–Crippen LogP) is 9.99. The van der Waals surface area contributed by atoms with Crippen LogP contribution in [0, 0.1) is 0 Å². The van der Waals surface area contributed by atoms with Crippen molar-refractivity contribution in [3.63, 3.8) is 0 Å². The van der Waals surface area contributed by atoms with E-state index in [2.05, 4.69) is 133 Å². The third-order valence-electron chi connectivity index (χ3n) is 8.94. The predicted molar refractivity (Wildman–Crippen MR) is 165 cm³/mol. The average molecular weight is 513 g/mol. The van der Waals surface area contributed by atoms with Crippen molar-refractivity contribution in [1.29, 1.82) is 0 Å². The third-order valence-corrected chi connectivity index (χ3v) is 10.1. The molecule has 0 amide bonds. The van der Waals surface area contributed by atoms with Gasteiger partial charge in [-0.1, -0.05) is 115 Å². The first-order valence-electron chi connectivity index (χ1n) is 13.7. The van der Waals surface area contributed by atoms with Gasteiger partial charge in [0, 0.05) is 20.2 Å². The Morgan fingerprint density at radius 1 is 0.462 bits per heavy atom. The summed E-state index contributed by atoms with van der Waals surface area (Å²) < 4.78 is 2.72. The molecule has 0 aliphatic heterocycles. The van der Waals surface area contributed by atoms with Crippen molar-refractivity contribution in [2.75, 3.05) is 0 Å². The maximum Gasteiger partial charge on any atom is 0.0728 e. The molecule has 7 aromatic rings. The summed E-state index contributed by atoms with van der Waals surface area (Å²) in [4.78, 5) is 0. The van der Waals surface area contributed by atoms with Gasteiger partial charge in [0.1, 0.15) is 0 Å². The maximum atomic E-state index is 2.43. The largest absolute Gasteiger partial charge is 0.135 e. The van der Waals surface area contributed by atoms with Crippen LogP contribution in [0.5, 0.6) is 0 Å². The molecular formula is C38H24S. The molecule has 0 saturated carbocycles. The Hall–Kier alpha value is -4.46. The van der Waals surface area contributed by atoms with E-state index in [0.29, 0.717) is 0 Å². The first-order valence-corrected chi connectivity index (χ1v) is 14.5. The summed E-state index contributed by atoms with van der Waals surface area (Å²) in [5, 5.41) is 2.73. The molecule has 0 N–H and O–H groups in total. The van der Waals surface area contributed by atoms with Gasteiger partial charge < -0.3 is 0 Å². The molecule has 0 fully saturated rings. The van der Waals surface area contributed by atoms with E-state index in [9.17, 15) is 0 Å². The summed E-state index contributed by atoms with van der Waals surface area (Å²) >= 11 is 1.89. The zero-order valence-electron chi connectivity index (χ0n) is 21.3. The van der Waals surface area contributed by atoms with Crippen LogP contribution in [0.2, 0.25) is 0 Å². The molecule has 2 aliphatic carbocycles. The van der Waals surface area contributed by atoms with Crippen LogP contribution in [0.15, 0.2) is 133 Å². The molecule has 1 spiro atoms. The fourth-order valence-electron chi connectivity index (χ4n) is 7.49. The first kappa shape index (κ1) is 21.5. The smallest absolute Gasteiger partial charge is 0.0728 e. The van der Waals surface area contributed by atoms with E-state index in [4.69, 9.17) is 0 Å². The molecule has 1 heterocycles. The lowest BCUT2D eigenvalue weighted by Crippen LogP contribution is -2.27. The van der Waals surface area contributed by atoms with Gasteiger partial charge in [-0.2, -0.15) is 0 Å². The van der Waals surface area contributed by atoms with Crippen LogP contribution in [0.25, 0.3) is 42.4 Å². The topological polar surface area (TPSA) is 0 Å². The Morgan fingerprint density at radius 2 is 1.03 bits per heavy atom. The molecule has 0 saturated heterocycles. The molecule has 0 atom stereocenters. The zero-order chi connectivity index (χ0) is 25.6. The van der Waals surface area contributed by atoms with Crippen molar-refractivity contribution in [1.82, 2.24) is 0 Å². The molecule has 39 heavy (non-hydrogen) atoms. The van der Waals surface area contributed by atoms with E-state index < -0.39 is 0 Å². The fraction of sp³-hybridized carbons (Fsp3) is 0.0526. The molecule has 0 unspecified atom stereocenters. The SMILES string of the molecule is c1ccc2c(c1)-c1ccccc1C21c2ccccc2-c2cccc(Cc3ccc4sc5ccccc5c4c3)c21. The van der Waals surface area contributed by atoms with Crippen LogP contribution in [0.4, 0.5) is 0 Å². The summed E-state index contributed by atoms with van der Waals surface area (Å²) in [7, 11) is 0. The highest BCUT2D eigenvalue weighted by Gasteiger charge is 2.52. The van der Waals surface area contributed by atoms with E-state index in [1.54, 1.807) is 0 Å². The van der Waals surface area contributed by atoms with Crippen molar-refractivity contribution in [2.24, 2.45) is 0 Å². The highest BCUT2D eigenvalue weighted by atomic mass is 32.1. The molecule has 9 rings (SSSR count). The first-order chi connectivity index (χ1) is 19.3. The molecule has 182 valence electrons. The van der Waals surface area contributed by atoms with Gasteiger partial charge >= 0.3 is 0 Å². The minimum Gasteiger partial charge on any atom is -0.135 e. The zero-order valence-corrected chi connectivity index (χ0v) is 22.1. The molecule has 0 radical (unpaired) electrons. The normalized spacial score (nSPS) is 13.9. The lowest BCUT2D eigenvalue weighted by Gasteiger charge is -2.32. The molecule has 2 aliphatic rings. The van der Waals surface area contributed by atoms with Gasteiger partial charge in [-0.05, 0) is 80.3 Å². The Bertz CT molecular complexity index is 2040. The second-order valence-corrected chi connectivity index (χ2v) is 11.9. The Morgan fingerprint density at radius 3 is 1.74 bits per heavy atom. The fourth-order valence-corrected chi connectivity index (χ4v) is 8.58. The standard InChI is InChI=1S/C38H24S/c1-5-16-32-26(11-1)27-12-2-6-17-33(27)38(32)34-18-7-3-13-28(34)30-15-9-10-25(37(30)38)22-24-20-21-36-31(23-24)29-14-4-8-19-35(29)39-36/h1-21,23H,22H2. The number of fused-ring (bicyclic) bond motifs is 13. The van der Waals surface area contributed by atoms with Crippen LogP contribution < -0.4 is 0 Å². The molecule has 1 aromatic heterocycles. The van der Waals surface area contributed by atoms with Crippen LogP contribution in [0.1, 0.15) is 33.4 Å². The highest BCUT2D eigenvalue weighted by Crippen LogP contribution is 2.63. The van der Waals surface area contributed by atoms with E-state index in [1.807, 2.05) is 11.3 Å². The summed E-state index contributed by atoms with van der Waals surface area (Å²) in [6.45, 7) is 0. The monoisotopic (exact) mass is 512 g/mol. The van der Waals surface area contributed by atoms with Crippen LogP contribution >= 0.6 is 11.3 Å². The second kappa shape index (κ2) is 7.79. The number of hydrogen-bond acceptors (Lipinski definition) is 1. The van der Waals surface area contributed by atoms with E-state index in [0.717, 1.165) is 6.42 Å². The van der Waals surface area contributed by atoms with Crippen molar-refractivity contribution in [2.45, 2.75) is 11.8 Å². The maximum absolute atomic E-state index is 2.43. The van der Waals surface area contributed by atoms with Gasteiger partial charge in [0.2, 0.25) is 0 Å². The number of hydrogen-bond donors (Lipinski definition) is 0. The lowest BCUT2D eigenvalue weighted by atomic mass is 9.69. The average Bonchev–Trinajstić information content (AvgIpc) is 3.62. The van der Waals surface area contributed by atoms with Gasteiger partial charge in [0.05, 0.1) is 5.41 Å². The van der Waals surface area contributed by atoms with Crippen LogP contribution in [-0.4, -0.2) is 0 Å². The molecule has 0 nitrogen and oxygen atoms in total. The minimum atomic E-state index is -0.297.